The third-order valence-corrected chi connectivity index (χ3v) is 6.23. The predicted molar refractivity (Wildman–Crippen MR) is 95.4 cm³/mol. The molecule has 1 aliphatic carbocycles. The Bertz CT molecular complexity index is 626. The molecule has 132 valence electrons. The quantitative estimate of drug-likeness (QED) is 0.870. The summed E-state index contributed by atoms with van der Waals surface area (Å²) in [6.45, 7) is 8.09. The molecular formula is C20H30N2O2. The molecule has 1 aromatic rings. The summed E-state index contributed by atoms with van der Waals surface area (Å²) in [6, 6.07) is 5.88. The van der Waals surface area contributed by atoms with Gasteiger partial charge in [-0.25, -0.2) is 4.79 Å². The van der Waals surface area contributed by atoms with Crippen LogP contribution in [0.4, 0.5) is 4.79 Å². The Morgan fingerprint density at radius 1 is 1.38 bits per heavy atom. The minimum Gasteiger partial charge on any atom is -0.388 e. The molecule has 0 saturated heterocycles. The van der Waals surface area contributed by atoms with Crippen LogP contribution in [-0.4, -0.2) is 22.6 Å². The van der Waals surface area contributed by atoms with Crippen LogP contribution in [0.15, 0.2) is 18.2 Å². The molecular weight excluding hydrogens is 300 g/mol. The molecule has 0 bridgehead atoms. The molecule has 1 fully saturated rings. The van der Waals surface area contributed by atoms with Crippen molar-refractivity contribution in [1.82, 2.24) is 4.90 Å². The van der Waals surface area contributed by atoms with Gasteiger partial charge in [-0.2, -0.15) is 0 Å². The summed E-state index contributed by atoms with van der Waals surface area (Å²) in [6.07, 6.45) is 4.02. The highest BCUT2D eigenvalue weighted by Crippen LogP contribution is 2.49. The number of rotatable bonds is 2. The molecule has 0 unspecified atom stereocenters. The third kappa shape index (κ3) is 3.16. The Hall–Kier alpha value is -1.55. The molecule has 3 rings (SSSR count). The van der Waals surface area contributed by atoms with E-state index < -0.39 is 6.10 Å². The lowest BCUT2D eigenvalue weighted by Gasteiger charge is -2.45. The largest absolute Gasteiger partial charge is 0.388 e. The number of urea groups is 1. The van der Waals surface area contributed by atoms with E-state index in [4.69, 9.17) is 5.73 Å². The van der Waals surface area contributed by atoms with E-state index in [0.29, 0.717) is 19.0 Å². The molecule has 1 heterocycles. The number of aliphatic hydroxyl groups excluding tert-OH is 1. The number of hydrogen-bond acceptors (Lipinski definition) is 2. The van der Waals surface area contributed by atoms with Crippen molar-refractivity contribution in [3.63, 3.8) is 0 Å². The van der Waals surface area contributed by atoms with Gasteiger partial charge in [0.15, 0.2) is 0 Å². The lowest BCUT2D eigenvalue weighted by molar-refractivity contribution is -0.0293. The number of carbonyl (C=O) groups excluding carboxylic acids is 1. The fraction of sp³-hybridized carbons (Fsp3) is 0.650. The Labute approximate surface area is 145 Å². The SMILES string of the molecule is C[C@H]1CCCC(C)(C)[C@@H]1[C@@H](O)c1ccc2c(c1)CCN(C(N)=O)C2. The van der Waals surface area contributed by atoms with Crippen molar-refractivity contribution < 1.29 is 9.90 Å². The third-order valence-electron chi connectivity index (χ3n) is 6.23. The lowest BCUT2D eigenvalue weighted by Crippen LogP contribution is -2.40. The van der Waals surface area contributed by atoms with Crippen molar-refractivity contribution in [2.24, 2.45) is 23.0 Å². The summed E-state index contributed by atoms with van der Waals surface area (Å²) in [7, 11) is 0. The summed E-state index contributed by atoms with van der Waals surface area (Å²) in [5.41, 5.74) is 8.96. The van der Waals surface area contributed by atoms with Crippen LogP contribution in [0.5, 0.6) is 0 Å². The first-order chi connectivity index (χ1) is 11.3. The minimum absolute atomic E-state index is 0.162. The molecule has 2 amide bonds. The highest BCUT2D eigenvalue weighted by Gasteiger charge is 2.41. The van der Waals surface area contributed by atoms with Crippen LogP contribution < -0.4 is 5.73 Å². The zero-order valence-electron chi connectivity index (χ0n) is 15.1. The van der Waals surface area contributed by atoms with Gasteiger partial charge in [-0.3, -0.25) is 0 Å². The van der Waals surface area contributed by atoms with Gasteiger partial charge in [0.25, 0.3) is 0 Å². The molecule has 0 radical (unpaired) electrons. The van der Waals surface area contributed by atoms with Crippen molar-refractivity contribution in [3.05, 3.63) is 34.9 Å². The number of hydrogen-bond donors (Lipinski definition) is 2. The molecule has 1 aliphatic heterocycles. The maximum absolute atomic E-state index is 11.4. The van der Waals surface area contributed by atoms with E-state index in [1.807, 2.05) is 6.07 Å². The number of nitrogens with two attached hydrogens (primary N) is 1. The van der Waals surface area contributed by atoms with Gasteiger partial charge in [0.1, 0.15) is 0 Å². The topological polar surface area (TPSA) is 66.6 Å². The maximum Gasteiger partial charge on any atom is 0.315 e. The van der Waals surface area contributed by atoms with E-state index in [1.165, 1.54) is 24.8 Å². The Kier molecular flexibility index (Phi) is 4.60. The second kappa shape index (κ2) is 6.40. The van der Waals surface area contributed by atoms with Gasteiger partial charge < -0.3 is 15.7 Å². The Morgan fingerprint density at radius 2 is 2.12 bits per heavy atom. The molecule has 4 nitrogen and oxygen atoms in total. The molecule has 0 spiro atoms. The van der Waals surface area contributed by atoms with Crippen LogP contribution in [0.1, 0.15) is 62.8 Å². The van der Waals surface area contributed by atoms with Gasteiger partial charge in [0.2, 0.25) is 0 Å². The van der Waals surface area contributed by atoms with Crippen LogP contribution >= 0.6 is 0 Å². The van der Waals surface area contributed by atoms with Gasteiger partial charge >= 0.3 is 6.03 Å². The Balaban J connectivity index is 1.84. The summed E-state index contributed by atoms with van der Waals surface area (Å²) < 4.78 is 0. The van der Waals surface area contributed by atoms with Gasteiger partial charge in [0, 0.05) is 13.1 Å². The van der Waals surface area contributed by atoms with Gasteiger partial charge in [-0.15, -0.1) is 0 Å². The predicted octanol–water partition coefficient (Wildman–Crippen LogP) is 3.62. The lowest BCUT2D eigenvalue weighted by atomic mass is 9.61. The second-order valence-electron chi connectivity index (χ2n) is 8.37. The van der Waals surface area contributed by atoms with Crippen molar-refractivity contribution in [2.45, 2.75) is 59.1 Å². The van der Waals surface area contributed by atoms with Gasteiger partial charge in [0.05, 0.1) is 6.10 Å². The van der Waals surface area contributed by atoms with E-state index in [9.17, 15) is 9.90 Å². The van der Waals surface area contributed by atoms with Crippen LogP contribution in [0.25, 0.3) is 0 Å². The highest BCUT2D eigenvalue weighted by atomic mass is 16.3. The fourth-order valence-corrected chi connectivity index (χ4v) is 4.89. The number of nitrogens with zero attached hydrogens (tertiary/aromatic N) is 1. The standard InChI is InChI=1S/C20H30N2O2/c1-13-5-4-9-20(2,3)17(13)18(23)15-6-7-16-12-22(19(21)24)10-8-14(16)11-15/h6-7,11,13,17-18,23H,4-5,8-10,12H2,1-3H3,(H2,21,24)/t13-,17-,18-/m0/s1. The first-order valence-electron chi connectivity index (χ1n) is 9.14. The first kappa shape index (κ1) is 17.3. The highest BCUT2D eigenvalue weighted by molar-refractivity contribution is 5.72. The fourth-order valence-electron chi connectivity index (χ4n) is 4.89. The molecule has 24 heavy (non-hydrogen) atoms. The summed E-state index contributed by atoms with van der Waals surface area (Å²) in [4.78, 5) is 13.0. The van der Waals surface area contributed by atoms with Crippen LogP contribution in [0.2, 0.25) is 0 Å². The number of primary amides is 1. The normalized spacial score (nSPS) is 27.4. The first-order valence-corrected chi connectivity index (χ1v) is 9.14. The average molecular weight is 330 g/mol. The number of benzene rings is 1. The zero-order chi connectivity index (χ0) is 17.5. The molecule has 3 atom stereocenters. The minimum atomic E-state index is -0.422. The van der Waals surface area contributed by atoms with Crippen LogP contribution in [0, 0.1) is 17.3 Å². The number of carbonyl (C=O) groups is 1. The summed E-state index contributed by atoms with van der Waals surface area (Å²) in [5, 5.41) is 11.1. The monoisotopic (exact) mass is 330 g/mol. The Morgan fingerprint density at radius 3 is 2.79 bits per heavy atom. The zero-order valence-corrected chi connectivity index (χ0v) is 15.1. The maximum atomic E-state index is 11.4. The van der Waals surface area contributed by atoms with Gasteiger partial charge in [-0.1, -0.05) is 51.8 Å². The molecule has 3 N–H and O–H groups in total. The molecule has 2 aliphatic rings. The van der Waals surface area contributed by atoms with Crippen molar-refractivity contribution in [3.8, 4) is 0 Å². The van der Waals surface area contributed by atoms with Crippen molar-refractivity contribution in [1.29, 1.82) is 0 Å². The molecule has 0 aromatic heterocycles. The smallest absolute Gasteiger partial charge is 0.315 e. The van der Waals surface area contributed by atoms with E-state index >= 15 is 0 Å². The van der Waals surface area contributed by atoms with Crippen molar-refractivity contribution in [2.75, 3.05) is 6.54 Å². The second-order valence-corrected chi connectivity index (χ2v) is 8.37. The number of aliphatic hydroxyl groups is 1. The van der Waals surface area contributed by atoms with E-state index in [1.54, 1.807) is 4.90 Å². The van der Waals surface area contributed by atoms with Crippen LogP contribution in [-0.2, 0) is 13.0 Å². The van der Waals surface area contributed by atoms with E-state index in [-0.39, 0.29) is 17.4 Å². The summed E-state index contributed by atoms with van der Waals surface area (Å²) in [5.74, 6) is 0.820. The van der Waals surface area contributed by atoms with E-state index in [0.717, 1.165) is 17.5 Å². The number of amides is 2. The molecule has 1 saturated carbocycles. The van der Waals surface area contributed by atoms with Gasteiger partial charge in [-0.05, 0) is 46.8 Å². The van der Waals surface area contributed by atoms with Crippen LogP contribution in [0.3, 0.4) is 0 Å². The van der Waals surface area contributed by atoms with E-state index in [2.05, 4.69) is 32.9 Å². The average Bonchev–Trinajstić information content (AvgIpc) is 2.52. The summed E-state index contributed by atoms with van der Waals surface area (Å²) >= 11 is 0. The molecule has 1 aromatic carbocycles. The number of fused-ring (bicyclic) bond motifs is 1. The van der Waals surface area contributed by atoms with Crippen molar-refractivity contribution >= 4 is 6.03 Å². The molecule has 4 heteroatoms.